The maximum absolute atomic E-state index is 9.87. The third-order valence-electron chi connectivity index (χ3n) is 8.66. The number of aryl methyl sites for hydroxylation is 1. The van der Waals surface area contributed by atoms with E-state index in [1.165, 1.54) is 19.3 Å². The molecule has 0 spiro atoms. The van der Waals surface area contributed by atoms with Crippen LogP contribution in [-0.2, 0) is 6.42 Å². The third-order valence-corrected chi connectivity index (χ3v) is 8.66. The van der Waals surface area contributed by atoms with Crippen molar-refractivity contribution in [2.24, 2.45) is 28.3 Å². The standard InChI is InChI=1S/C27H35N3O2/c1-27-13-11-22-21-8-4-3-6-18(21)9-10-23(22)26(27)19(16-24(27)30-31)7-5-14-28-25-17-20(32-2)12-15-29-25/h3-4,6,8,12,15,17,19,22-23,26,31H,5,7,9-11,13-14,16H2,1-2H3,(H,28,29)/b30-24+/t19-,22?,23?,26?,27-/m1/s1. The van der Waals surface area contributed by atoms with E-state index in [0.29, 0.717) is 23.7 Å². The Labute approximate surface area is 191 Å². The van der Waals surface area contributed by atoms with Crippen LogP contribution in [-0.4, -0.2) is 29.6 Å². The summed E-state index contributed by atoms with van der Waals surface area (Å²) < 4.78 is 5.30. The summed E-state index contributed by atoms with van der Waals surface area (Å²) in [6.45, 7) is 3.27. The molecule has 2 N–H and O–H groups in total. The highest BCUT2D eigenvalue weighted by Gasteiger charge is 2.57. The summed E-state index contributed by atoms with van der Waals surface area (Å²) in [5, 5.41) is 17.2. The number of fused-ring (bicyclic) bond motifs is 5. The number of aromatic nitrogens is 1. The molecule has 2 aromatic rings. The fourth-order valence-electron chi connectivity index (χ4n) is 7.24. The number of hydrogen-bond acceptors (Lipinski definition) is 5. The molecule has 1 heterocycles. The molecule has 3 unspecified atom stereocenters. The number of methoxy groups -OCH3 is 1. The van der Waals surface area contributed by atoms with Crippen LogP contribution in [0.3, 0.4) is 0 Å². The zero-order valence-corrected chi connectivity index (χ0v) is 19.3. The third kappa shape index (κ3) is 3.66. The Morgan fingerprint density at radius 2 is 2.12 bits per heavy atom. The van der Waals surface area contributed by atoms with Gasteiger partial charge in [-0.1, -0.05) is 36.3 Å². The van der Waals surface area contributed by atoms with Gasteiger partial charge in [0.1, 0.15) is 11.6 Å². The minimum atomic E-state index is 0.0502. The normalized spacial score (nSPS) is 32.1. The second-order valence-electron chi connectivity index (χ2n) is 10.2. The molecule has 5 atom stereocenters. The van der Waals surface area contributed by atoms with E-state index in [4.69, 9.17) is 4.74 Å². The number of rotatable bonds is 6. The van der Waals surface area contributed by atoms with Gasteiger partial charge < -0.3 is 15.3 Å². The van der Waals surface area contributed by atoms with Crippen LogP contribution in [0.25, 0.3) is 0 Å². The Morgan fingerprint density at radius 1 is 1.25 bits per heavy atom. The van der Waals surface area contributed by atoms with Crippen molar-refractivity contribution >= 4 is 11.5 Å². The van der Waals surface area contributed by atoms with E-state index >= 15 is 0 Å². The van der Waals surface area contributed by atoms with E-state index in [9.17, 15) is 5.21 Å². The van der Waals surface area contributed by atoms with E-state index in [1.54, 1.807) is 24.4 Å². The van der Waals surface area contributed by atoms with Crippen molar-refractivity contribution in [1.82, 2.24) is 4.98 Å². The van der Waals surface area contributed by atoms with Crippen molar-refractivity contribution in [1.29, 1.82) is 0 Å². The molecule has 2 saturated carbocycles. The zero-order chi connectivity index (χ0) is 22.1. The Kier molecular flexibility index (Phi) is 5.83. The molecular formula is C27H35N3O2. The lowest BCUT2D eigenvalue weighted by Gasteiger charge is -2.50. The highest BCUT2D eigenvalue weighted by molar-refractivity contribution is 5.92. The molecule has 0 saturated heterocycles. The van der Waals surface area contributed by atoms with E-state index in [1.807, 2.05) is 12.1 Å². The fourth-order valence-corrected chi connectivity index (χ4v) is 7.24. The summed E-state index contributed by atoms with van der Waals surface area (Å²) in [5.74, 6) is 4.24. The van der Waals surface area contributed by atoms with Crippen LogP contribution >= 0.6 is 0 Å². The van der Waals surface area contributed by atoms with Gasteiger partial charge in [-0.05, 0) is 85.8 Å². The molecule has 0 amide bonds. The van der Waals surface area contributed by atoms with Gasteiger partial charge in [0, 0.05) is 24.2 Å². The van der Waals surface area contributed by atoms with Crippen LogP contribution < -0.4 is 10.1 Å². The minimum absolute atomic E-state index is 0.0502. The average Bonchev–Trinajstić information content (AvgIpc) is 3.13. The molecule has 3 aliphatic carbocycles. The Hall–Kier alpha value is -2.56. The van der Waals surface area contributed by atoms with Crippen LogP contribution in [0.2, 0.25) is 0 Å². The number of nitrogens with one attached hydrogen (secondary N) is 1. The molecule has 5 rings (SSSR count). The maximum Gasteiger partial charge on any atom is 0.129 e. The number of ether oxygens (including phenoxy) is 1. The molecule has 32 heavy (non-hydrogen) atoms. The lowest BCUT2D eigenvalue weighted by atomic mass is 9.54. The second kappa shape index (κ2) is 8.76. The van der Waals surface area contributed by atoms with Crippen LogP contribution in [0.1, 0.15) is 62.5 Å². The summed E-state index contributed by atoms with van der Waals surface area (Å²) in [6.07, 6.45) is 9.76. The first-order valence-corrected chi connectivity index (χ1v) is 12.2. The van der Waals surface area contributed by atoms with Crippen molar-refractivity contribution in [3.63, 3.8) is 0 Å². The Morgan fingerprint density at radius 3 is 2.97 bits per heavy atom. The quantitative estimate of drug-likeness (QED) is 0.338. The summed E-state index contributed by atoms with van der Waals surface area (Å²) in [6, 6.07) is 12.9. The first kappa shape index (κ1) is 21.3. The van der Waals surface area contributed by atoms with Gasteiger partial charge in [0.05, 0.1) is 12.8 Å². The maximum atomic E-state index is 9.87. The number of nitrogens with zero attached hydrogens (tertiary/aromatic N) is 2. The predicted molar refractivity (Wildman–Crippen MR) is 128 cm³/mol. The summed E-state index contributed by atoms with van der Waals surface area (Å²) in [7, 11) is 1.68. The van der Waals surface area contributed by atoms with Gasteiger partial charge in [0.2, 0.25) is 0 Å². The van der Waals surface area contributed by atoms with Gasteiger partial charge in [-0.2, -0.15) is 0 Å². The fraction of sp³-hybridized carbons (Fsp3) is 0.556. The van der Waals surface area contributed by atoms with E-state index in [2.05, 4.69) is 46.6 Å². The van der Waals surface area contributed by atoms with Crippen molar-refractivity contribution < 1.29 is 9.94 Å². The minimum Gasteiger partial charge on any atom is -0.497 e. The molecule has 0 bridgehead atoms. The molecule has 0 radical (unpaired) electrons. The van der Waals surface area contributed by atoms with Gasteiger partial charge in [0.15, 0.2) is 0 Å². The molecule has 170 valence electrons. The van der Waals surface area contributed by atoms with Crippen molar-refractivity contribution in [3.05, 3.63) is 53.7 Å². The monoisotopic (exact) mass is 433 g/mol. The van der Waals surface area contributed by atoms with E-state index in [-0.39, 0.29) is 5.41 Å². The first-order chi connectivity index (χ1) is 15.6. The Bertz CT molecular complexity index is 990. The predicted octanol–water partition coefficient (Wildman–Crippen LogP) is 5.89. The van der Waals surface area contributed by atoms with Crippen molar-refractivity contribution in [3.8, 4) is 5.75 Å². The lowest BCUT2D eigenvalue weighted by molar-refractivity contribution is 0.0559. The number of pyridine rings is 1. The highest BCUT2D eigenvalue weighted by atomic mass is 16.5. The van der Waals surface area contributed by atoms with Gasteiger partial charge in [-0.3, -0.25) is 0 Å². The SMILES string of the molecule is COc1ccnc(NCCC[C@@H]2C/C(=N\O)[C@@]3(C)CCC4c5ccccc5CCC4C23)c1. The van der Waals surface area contributed by atoms with Gasteiger partial charge >= 0.3 is 0 Å². The number of hydrogen-bond donors (Lipinski definition) is 2. The topological polar surface area (TPSA) is 66.7 Å². The molecule has 5 nitrogen and oxygen atoms in total. The van der Waals surface area contributed by atoms with Crippen LogP contribution in [0, 0.1) is 23.2 Å². The molecular weight excluding hydrogens is 398 g/mol. The smallest absolute Gasteiger partial charge is 0.129 e. The molecule has 0 aliphatic heterocycles. The highest BCUT2D eigenvalue weighted by Crippen LogP contribution is 2.62. The first-order valence-electron chi connectivity index (χ1n) is 12.2. The number of benzene rings is 1. The lowest BCUT2D eigenvalue weighted by Crippen LogP contribution is -2.44. The van der Waals surface area contributed by atoms with Gasteiger partial charge in [0.25, 0.3) is 0 Å². The Balaban J connectivity index is 1.30. The second-order valence-corrected chi connectivity index (χ2v) is 10.2. The molecule has 5 heteroatoms. The van der Waals surface area contributed by atoms with Crippen LogP contribution in [0.4, 0.5) is 5.82 Å². The molecule has 1 aromatic carbocycles. The largest absolute Gasteiger partial charge is 0.497 e. The summed E-state index contributed by atoms with van der Waals surface area (Å²) in [4.78, 5) is 4.39. The van der Waals surface area contributed by atoms with Crippen molar-refractivity contribution in [2.45, 2.75) is 57.8 Å². The van der Waals surface area contributed by atoms with Crippen molar-refractivity contribution in [2.75, 3.05) is 19.0 Å². The average molecular weight is 434 g/mol. The van der Waals surface area contributed by atoms with E-state index in [0.717, 1.165) is 49.5 Å². The van der Waals surface area contributed by atoms with Crippen LogP contribution in [0.5, 0.6) is 5.75 Å². The molecule has 2 fully saturated rings. The van der Waals surface area contributed by atoms with Gasteiger partial charge in [-0.15, -0.1) is 0 Å². The number of anilines is 1. The summed E-state index contributed by atoms with van der Waals surface area (Å²) >= 11 is 0. The summed E-state index contributed by atoms with van der Waals surface area (Å²) in [5.41, 5.74) is 4.24. The zero-order valence-electron chi connectivity index (χ0n) is 19.3. The molecule has 1 aromatic heterocycles. The van der Waals surface area contributed by atoms with E-state index < -0.39 is 0 Å². The van der Waals surface area contributed by atoms with Gasteiger partial charge in [-0.25, -0.2) is 4.98 Å². The number of oxime groups is 1. The molecule has 3 aliphatic rings. The van der Waals surface area contributed by atoms with Crippen LogP contribution in [0.15, 0.2) is 47.8 Å².